The summed E-state index contributed by atoms with van der Waals surface area (Å²) < 4.78 is 4.16. The maximum atomic E-state index is 13.5. The van der Waals surface area contributed by atoms with E-state index in [2.05, 4.69) is 36.4 Å². The highest BCUT2D eigenvalue weighted by Crippen LogP contribution is 2.41. The third kappa shape index (κ3) is 4.46. The van der Waals surface area contributed by atoms with Gasteiger partial charge in [0, 0.05) is 50.7 Å². The average molecular weight is 620 g/mol. The van der Waals surface area contributed by atoms with Crippen molar-refractivity contribution in [3.63, 3.8) is 0 Å². The lowest BCUT2D eigenvalue weighted by Crippen LogP contribution is -2.27. The third-order valence-electron chi connectivity index (χ3n) is 6.42. The van der Waals surface area contributed by atoms with E-state index in [1.165, 1.54) is 22.3 Å². The van der Waals surface area contributed by atoms with Gasteiger partial charge >= 0.3 is 5.97 Å². The Morgan fingerprint density at radius 3 is 2.78 bits per heavy atom. The molecule has 0 unspecified atom stereocenters. The van der Waals surface area contributed by atoms with Crippen LogP contribution in [0.4, 0.5) is 0 Å². The summed E-state index contributed by atoms with van der Waals surface area (Å²) in [5, 5.41) is 23.0. The van der Waals surface area contributed by atoms with Gasteiger partial charge in [-0.3, -0.25) is 9.79 Å². The Morgan fingerprint density at radius 1 is 1.22 bits per heavy atom. The van der Waals surface area contributed by atoms with E-state index in [0.29, 0.717) is 34.0 Å². The molecule has 9 nitrogen and oxygen atoms in total. The maximum absolute atomic E-state index is 13.5. The second kappa shape index (κ2) is 9.97. The monoisotopic (exact) mass is 618 g/mol. The predicted octanol–water partition coefficient (Wildman–Crippen LogP) is 5.46. The molecule has 0 amide bonds. The highest BCUT2D eigenvalue weighted by molar-refractivity contribution is 9.10. The first-order valence-corrected chi connectivity index (χ1v) is 13.0. The fourth-order valence-corrected chi connectivity index (χ4v) is 6.44. The van der Waals surface area contributed by atoms with Crippen LogP contribution in [0, 0.1) is 0 Å². The summed E-state index contributed by atoms with van der Waals surface area (Å²) in [6.45, 7) is 0. The van der Waals surface area contributed by atoms with Crippen LogP contribution in [0.3, 0.4) is 0 Å². The number of thiophene rings is 1. The number of fused-ring (bicyclic) bond motifs is 1. The molecule has 1 atom stereocenters. The molecule has 0 radical (unpaired) electrons. The van der Waals surface area contributed by atoms with Crippen molar-refractivity contribution in [1.82, 2.24) is 24.8 Å². The van der Waals surface area contributed by atoms with Gasteiger partial charge in [0.05, 0.1) is 11.7 Å². The number of carboxylic acids is 1. The fraction of sp³-hybridized carbons (Fsp3) is 0.167. The van der Waals surface area contributed by atoms with Gasteiger partial charge in [-0.15, -0.1) is 28.8 Å². The van der Waals surface area contributed by atoms with Crippen LogP contribution in [-0.4, -0.2) is 41.6 Å². The summed E-state index contributed by atoms with van der Waals surface area (Å²) in [5.41, 5.74) is 5.62. The average Bonchev–Trinajstić information content (AvgIpc) is 3.67. The SMILES string of the molecule is Cl.O=C(O)c1cc(C2=CN=C([C@@H]3CCc4c(Br)c(-c5cc(Cl)ccc5-n5cnnn5)cc(=O)n43)C2)cs1. The van der Waals surface area contributed by atoms with Crippen molar-refractivity contribution < 1.29 is 9.90 Å². The van der Waals surface area contributed by atoms with Crippen LogP contribution in [0.2, 0.25) is 5.02 Å². The summed E-state index contributed by atoms with van der Waals surface area (Å²) in [7, 11) is 0. The number of halogens is 3. The van der Waals surface area contributed by atoms with Crippen molar-refractivity contribution >= 4 is 68.5 Å². The third-order valence-corrected chi connectivity index (χ3v) is 8.46. The second-order valence-corrected chi connectivity index (χ2v) is 10.6. The van der Waals surface area contributed by atoms with Gasteiger partial charge in [-0.2, -0.15) is 4.68 Å². The van der Waals surface area contributed by atoms with Gasteiger partial charge in [0.2, 0.25) is 0 Å². The molecule has 0 fully saturated rings. The van der Waals surface area contributed by atoms with Crippen LogP contribution in [0.1, 0.15) is 39.8 Å². The largest absolute Gasteiger partial charge is 0.477 e. The van der Waals surface area contributed by atoms with Gasteiger partial charge < -0.3 is 9.67 Å². The summed E-state index contributed by atoms with van der Waals surface area (Å²) in [4.78, 5) is 29.6. The number of pyridine rings is 1. The Balaban J connectivity index is 0.00000280. The second-order valence-electron chi connectivity index (χ2n) is 8.45. The fourth-order valence-electron chi connectivity index (χ4n) is 4.78. The molecule has 0 saturated carbocycles. The zero-order valence-corrected chi connectivity index (χ0v) is 22.8. The number of allylic oxidation sites excluding steroid dienone is 1. The summed E-state index contributed by atoms with van der Waals surface area (Å²) in [6.07, 6.45) is 5.29. The minimum absolute atomic E-state index is 0. The Bertz CT molecular complexity index is 1660. The number of rotatable bonds is 5. The van der Waals surface area contributed by atoms with Gasteiger partial charge in [0.1, 0.15) is 11.2 Å². The summed E-state index contributed by atoms with van der Waals surface area (Å²) in [6, 6.07) is 8.47. The molecule has 0 aliphatic carbocycles. The van der Waals surface area contributed by atoms with Gasteiger partial charge in [0.15, 0.2) is 0 Å². The lowest BCUT2D eigenvalue weighted by Gasteiger charge is -2.18. The first-order valence-electron chi connectivity index (χ1n) is 11.0. The van der Waals surface area contributed by atoms with Crippen LogP contribution >= 0.6 is 51.3 Å². The number of hydrogen-bond donors (Lipinski definition) is 1. The molecular formula is C24H17BrCl2N6O3S. The molecule has 0 spiro atoms. The van der Waals surface area contributed by atoms with Gasteiger partial charge in [-0.25, -0.2) is 4.79 Å². The molecule has 2 aliphatic rings. The lowest BCUT2D eigenvalue weighted by atomic mass is 10.0. The van der Waals surface area contributed by atoms with Crippen molar-refractivity contribution in [2.24, 2.45) is 4.99 Å². The number of benzene rings is 1. The molecule has 1 aromatic carbocycles. The van der Waals surface area contributed by atoms with Crippen molar-refractivity contribution in [2.45, 2.75) is 25.3 Å². The van der Waals surface area contributed by atoms with Gasteiger partial charge in [0.25, 0.3) is 5.56 Å². The number of aliphatic imine (C=N–C) groups is 1. The molecule has 3 aromatic heterocycles. The molecule has 5 heterocycles. The number of tetrazole rings is 1. The molecule has 4 aromatic rings. The molecular weight excluding hydrogens is 603 g/mol. The minimum atomic E-state index is -0.939. The Kier molecular flexibility index (Phi) is 6.88. The Hall–Kier alpha value is -3.12. The maximum Gasteiger partial charge on any atom is 0.345 e. The van der Waals surface area contributed by atoms with Crippen LogP contribution in [-0.2, 0) is 6.42 Å². The number of carboxylic acid groups (broad SMARTS) is 1. The lowest BCUT2D eigenvalue weighted by molar-refractivity contribution is 0.0702. The number of aromatic carboxylic acids is 1. The molecule has 0 bridgehead atoms. The predicted molar refractivity (Wildman–Crippen MR) is 147 cm³/mol. The summed E-state index contributed by atoms with van der Waals surface area (Å²) in [5.74, 6) is -0.939. The quantitative estimate of drug-likeness (QED) is 0.317. The van der Waals surface area contributed by atoms with Crippen LogP contribution < -0.4 is 5.56 Å². The Labute approximate surface area is 233 Å². The van der Waals surface area contributed by atoms with E-state index < -0.39 is 5.97 Å². The standard InChI is InChI=1S/C24H16BrClN6O3S.ClH/c25-23-16(15-7-14(26)1-2-18(15)31-11-28-29-30-31)8-22(33)32-19(3-4-20(23)32)17-5-12(9-27-17)13-6-21(24(34)35)36-10-13;/h1-2,6-11,19H,3-5H2,(H,34,35);1H/t19-;/m0./s1. The molecule has 188 valence electrons. The Morgan fingerprint density at radius 2 is 2.05 bits per heavy atom. The van der Waals surface area contributed by atoms with E-state index in [0.717, 1.165) is 39.0 Å². The number of hydrogen-bond acceptors (Lipinski definition) is 7. The molecule has 2 aliphatic heterocycles. The number of aromatic nitrogens is 5. The zero-order valence-electron chi connectivity index (χ0n) is 18.8. The van der Waals surface area contributed by atoms with E-state index in [1.807, 2.05) is 11.4 Å². The molecule has 6 rings (SSSR count). The normalized spacial score (nSPS) is 16.2. The zero-order chi connectivity index (χ0) is 25.0. The first kappa shape index (κ1) is 25.5. The van der Waals surface area contributed by atoms with E-state index >= 15 is 0 Å². The van der Waals surface area contributed by atoms with Crippen molar-refractivity contribution in [2.75, 3.05) is 0 Å². The minimum Gasteiger partial charge on any atom is -0.477 e. The molecule has 0 saturated heterocycles. The van der Waals surface area contributed by atoms with Gasteiger partial charge in [-0.1, -0.05) is 11.6 Å². The van der Waals surface area contributed by atoms with Crippen LogP contribution in [0.15, 0.2) is 62.5 Å². The van der Waals surface area contributed by atoms with Crippen molar-refractivity contribution in [1.29, 1.82) is 0 Å². The van der Waals surface area contributed by atoms with Crippen LogP contribution in [0.25, 0.3) is 22.4 Å². The number of carbonyl (C=O) groups is 1. The van der Waals surface area contributed by atoms with E-state index in [4.69, 9.17) is 11.6 Å². The molecule has 37 heavy (non-hydrogen) atoms. The highest BCUT2D eigenvalue weighted by Gasteiger charge is 2.32. The van der Waals surface area contributed by atoms with Gasteiger partial charge in [-0.05, 0) is 80.0 Å². The van der Waals surface area contributed by atoms with Crippen molar-refractivity contribution in [3.05, 3.63) is 84.2 Å². The van der Waals surface area contributed by atoms with Crippen molar-refractivity contribution in [3.8, 4) is 16.8 Å². The molecule has 13 heteroatoms. The van der Waals surface area contributed by atoms with Crippen LogP contribution in [0.5, 0.6) is 0 Å². The smallest absolute Gasteiger partial charge is 0.345 e. The number of nitrogens with zero attached hydrogens (tertiary/aromatic N) is 6. The summed E-state index contributed by atoms with van der Waals surface area (Å²) >= 11 is 11.3. The first-order chi connectivity index (χ1) is 17.4. The molecule has 1 N–H and O–H groups in total. The van der Waals surface area contributed by atoms with E-state index in [-0.39, 0.29) is 24.0 Å². The topological polar surface area (TPSA) is 115 Å². The highest BCUT2D eigenvalue weighted by atomic mass is 79.9. The van der Waals surface area contributed by atoms with E-state index in [9.17, 15) is 14.7 Å². The van der Waals surface area contributed by atoms with E-state index in [1.54, 1.807) is 35.0 Å².